The molecule has 0 spiro atoms. The smallest absolute Gasteiger partial charge is 0.288 e. The van der Waals surface area contributed by atoms with E-state index in [2.05, 4.69) is 5.32 Å². The van der Waals surface area contributed by atoms with Gasteiger partial charge >= 0.3 is 0 Å². The summed E-state index contributed by atoms with van der Waals surface area (Å²) in [7, 11) is -3.28. The van der Waals surface area contributed by atoms with Crippen molar-refractivity contribution in [3.8, 4) is 0 Å². The van der Waals surface area contributed by atoms with Crippen LogP contribution in [0.5, 0.6) is 0 Å². The molecule has 0 saturated carbocycles. The summed E-state index contributed by atoms with van der Waals surface area (Å²) in [6, 6.07) is 6.80. The van der Waals surface area contributed by atoms with Crippen molar-refractivity contribution in [1.82, 2.24) is 4.31 Å². The zero-order chi connectivity index (χ0) is 18.9. The maximum atomic E-state index is 12.6. The van der Waals surface area contributed by atoms with E-state index < -0.39 is 21.7 Å². The highest BCUT2D eigenvalue weighted by molar-refractivity contribution is 7.99. The topological polar surface area (TPSA) is 66.5 Å². The third-order valence-electron chi connectivity index (χ3n) is 4.00. The zero-order valence-electron chi connectivity index (χ0n) is 13.7. The van der Waals surface area contributed by atoms with Crippen LogP contribution in [-0.4, -0.2) is 37.2 Å². The van der Waals surface area contributed by atoms with Gasteiger partial charge < -0.3 is 5.32 Å². The maximum Gasteiger partial charge on any atom is 0.288 e. The number of fused-ring (bicyclic) bond motifs is 1. The van der Waals surface area contributed by atoms with Gasteiger partial charge in [0.1, 0.15) is 4.88 Å². The predicted molar refractivity (Wildman–Crippen MR) is 99.5 cm³/mol. The Morgan fingerprint density at radius 1 is 1.35 bits per heavy atom. The van der Waals surface area contributed by atoms with Gasteiger partial charge in [0.2, 0.25) is 10.0 Å². The minimum absolute atomic E-state index is 0.237. The minimum Gasteiger partial charge on any atom is -0.321 e. The molecule has 0 bridgehead atoms. The molecule has 2 aromatic rings. The molecular formula is C16H16F2N2O3S3. The molecule has 5 nitrogen and oxygen atoms in total. The van der Waals surface area contributed by atoms with Gasteiger partial charge in [-0.25, -0.2) is 8.42 Å². The van der Waals surface area contributed by atoms with Gasteiger partial charge in [-0.05, 0) is 35.1 Å². The van der Waals surface area contributed by atoms with Crippen molar-refractivity contribution in [1.29, 1.82) is 0 Å². The molecule has 0 radical (unpaired) electrons. The number of carbonyl (C=O) groups excluding carboxylic acids is 1. The average molecular weight is 419 g/mol. The summed E-state index contributed by atoms with van der Waals surface area (Å²) in [5.41, 5.74) is 2.29. The number of sulfonamides is 1. The quantitative estimate of drug-likeness (QED) is 0.753. The van der Waals surface area contributed by atoms with Gasteiger partial charge in [0, 0.05) is 23.7 Å². The fourth-order valence-corrected chi connectivity index (χ4v) is 5.21. The van der Waals surface area contributed by atoms with Crippen molar-refractivity contribution in [3.05, 3.63) is 45.6 Å². The molecule has 0 saturated heterocycles. The highest BCUT2D eigenvalue weighted by atomic mass is 32.2. The Labute approximate surface area is 158 Å². The SMILES string of the molecule is CS(=O)(=O)N1CCc2c(cccc2NC(=O)c2sccc2SC(F)F)C1. The van der Waals surface area contributed by atoms with Crippen LogP contribution in [0, 0.1) is 0 Å². The number of nitrogens with one attached hydrogen (secondary N) is 1. The van der Waals surface area contributed by atoms with E-state index >= 15 is 0 Å². The van der Waals surface area contributed by atoms with E-state index in [0.717, 1.165) is 22.5 Å². The van der Waals surface area contributed by atoms with Gasteiger partial charge in [-0.2, -0.15) is 13.1 Å². The van der Waals surface area contributed by atoms with Crippen molar-refractivity contribution in [2.75, 3.05) is 18.1 Å². The summed E-state index contributed by atoms with van der Waals surface area (Å²) in [4.78, 5) is 13.0. The molecule has 1 aliphatic rings. The van der Waals surface area contributed by atoms with E-state index in [1.807, 2.05) is 6.07 Å². The van der Waals surface area contributed by atoms with E-state index in [1.54, 1.807) is 17.5 Å². The second-order valence-electron chi connectivity index (χ2n) is 5.74. The van der Waals surface area contributed by atoms with Gasteiger partial charge in [0.15, 0.2) is 0 Å². The first kappa shape index (κ1) is 19.3. The number of thiophene rings is 1. The number of amides is 1. The largest absolute Gasteiger partial charge is 0.321 e. The molecule has 10 heteroatoms. The summed E-state index contributed by atoms with van der Waals surface area (Å²) >= 11 is 1.45. The molecule has 0 atom stereocenters. The van der Waals surface area contributed by atoms with Crippen molar-refractivity contribution >= 4 is 44.7 Å². The molecule has 1 aromatic carbocycles. The summed E-state index contributed by atoms with van der Waals surface area (Å²) in [6.45, 7) is 0.591. The lowest BCUT2D eigenvalue weighted by Crippen LogP contribution is -2.35. The summed E-state index contributed by atoms with van der Waals surface area (Å²) < 4.78 is 50.1. The number of hydrogen-bond donors (Lipinski definition) is 1. The lowest BCUT2D eigenvalue weighted by Gasteiger charge is -2.28. The number of hydrogen-bond acceptors (Lipinski definition) is 5. The number of carbonyl (C=O) groups is 1. The zero-order valence-corrected chi connectivity index (χ0v) is 16.2. The molecule has 1 N–H and O–H groups in total. The van der Waals surface area contributed by atoms with Crippen molar-refractivity contribution in [3.63, 3.8) is 0 Å². The van der Waals surface area contributed by atoms with Crippen LogP contribution in [0.1, 0.15) is 20.8 Å². The van der Waals surface area contributed by atoms with Gasteiger partial charge in [-0.3, -0.25) is 4.79 Å². The molecule has 0 fully saturated rings. The van der Waals surface area contributed by atoms with Gasteiger partial charge in [0.05, 0.1) is 6.26 Å². The maximum absolute atomic E-state index is 12.6. The fraction of sp³-hybridized carbons (Fsp3) is 0.312. The number of thioether (sulfide) groups is 1. The van der Waals surface area contributed by atoms with Crippen molar-refractivity contribution < 1.29 is 22.0 Å². The Kier molecular flexibility index (Phi) is 5.66. The predicted octanol–water partition coefficient (Wildman–Crippen LogP) is 3.63. The van der Waals surface area contributed by atoms with Crippen LogP contribution in [0.25, 0.3) is 0 Å². The van der Waals surface area contributed by atoms with E-state index in [0.29, 0.717) is 30.4 Å². The normalized spacial score (nSPS) is 15.1. The summed E-state index contributed by atoms with van der Waals surface area (Å²) in [5.74, 6) is -3.04. The molecule has 140 valence electrons. The van der Waals surface area contributed by atoms with Crippen LogP contribution >= 0.6 is 23.1 Å². The standard InChI is InChI=1S/C16H16F2N2O3S3/c1-26(22,23)20-7-5-11-10(9-20)3-2-4-12(11)19-15(21)14-13(6-8-24-14)25-16(17)18/h2-4,6,8,16H,5,7,9H2,1H3,(H,19,21). The first-order valence-electron chi connectivity index (χ1n) is 7.65. The molecule has 1 aliphatic heterocycles. The van der Waals surface area contributed by atoms with Crippen LogP contribution < -0.4 is 5.32 Å². The van der Waals surface area contributed by atoms with Gasteiger partial charge in [-0.15, -0.1) is 11.3 Å². The number of rotatable bonds is 5. The average Bonchev–Trinajstić information content (AvgIpc) is 3.01. The summed E-state index contributed by atoms with van der Waals surface area (Å²) in [6.07, 6.45) is 1.64. The van der Waals surface area contributed by atoms with Crippen LogP contribution in [0.15, 0.2) is 34.5 Å². The van der Waals surface area contributed by atoms with E-state index in [4.69, 9.17) is 0 Å². The third-order valence-corrected chi connectivity index (χ3v) is 7.06. The summed E-state index contributed by atoms with van der Waals surface area (Å²) in [5, 5.41) is 4.39. The van der Waals surface area contributed by atoms with Gasteiger partial charge in [-0.1, -0.05) is 23.9 Å². The Hall–Kier alpha value is -1.49. The molecule has 26 heavy (non-hydrogen) atoms. The van der Waals surface area contributed by atoms with Crippen LogP contribution in [0.2, 0.25) is 0 Å². The number of anilines is 1. The number of halogens is 2. The lowest BCUT2D eigenvalue weighted by atomic mass is 9.99. The second-order valence-corrected chi connectivity index (χ2v) is 9.67. The molecule has 0 aliphatic carbocycles. The molecule has 3 rings (SSSR count). The van der Waals surface area contributed by atoms with E-state index in [-0.39, 0.29) is 16.3 Å². The first-order valence-corrected chi connectivity index (χ1v) is 11.3. The van der Waals surface area contributed by atoms with E-state index in [9.17, 15) is 22.0 Å². The fourth-order valence-electron chi connectivity index (χ4n) is 2.81. The Bertz CT molecular complexity index is 929. The number of benzene rings is 1. The molecule has 2 heterocycles. The van der Waals surface area contributed by atoms with Crippen LogP contribution in [-0.2, 0) is 23.0 Å². The van der Waals surface area contributed by atoms with Crippen LogP contribution in [0.3, 0.4) is 0 Å². The minimum atomic E-state index is -3.28. The van der Waals surface area contributed by atoms with Crippen molar-refractivity contribution in [2.45, 2.75) is 23.6 Å². The van der Waals surface area contributed by atoms with Gasteiger partial charge in [0.25, 0.3) is 11.7 Å². The monoisotopic (exact) mass is 418 g/mol. The third kappa shape index (κ3) is 4.25. The van der Waals surface area contributed by atoms with Crippen LogP contribution in [0.4, 0.5) is 14.5 Å². The lowest BCUT2D eigenvalue weighted by molar-refractivity contribution is 0.102. The second kappa shape index (κ2) is 7.63. The molecule has 1 amide bonds. The first-order chi connectivity index (χ1) is 12.3. The molecule has 0 unspecified atom stereocenters. The Balaban J connectivity index is 1.82. The highest BCUT2D eigenvalue weighted by Crippen LogP contribution is 2.33. The number of nitrogens with zero attached hydrogens (tertiary/aromatic N) is 1. The molecular weight excluding hydrogens is 402 g/mol. The van der Waals surface area contributed by atoms with Crippen molar-refractivity contribution in [2.24, 2.45) is 0 Å². The highest BCUT2D eigenvalue weighted by Gasteiger charge is 2.25. The Morgan fingerprint density at radius 3 is 2.81 bits per heavy atom. The van der Waals surface area contributed by atoms with E-state index in [1.165, 1.54) is 16.6 Å². The molecule has 1 aromatic heterocycles. The Morgan fingerprint density at radius 2 is 2.12 bits per heavy atom. The number of alkyl halides is 2.